The first kappa shape index (κ1) is 15.5. The van der Waals surface area contributed by atoms with Crippen molar-refractivity contribution in [2.45, 2.75) is 12.2 Å². The van der Waals surface area contributed by atoms with Crippen molar-refractivity contribution in [3.05, 3.63) is 48.5 Å². The minimum Gasteiger partial charge on any atom is -0.372 e. The van der Waals surface area contributed by atoms with E-state index in [9.17, 15) is 0 Å². The lowest BCUT2D eigenvalue weighted by Gasteiger charge is -2.19. The lowest BCUT2D eigenvalue weighted by Crippen LogP contribution is -2.22. The molecule has 4 heteroatoms. The van der Waals surface area contributed by atoms with Crippen molar-refractivity contribution in [2.24, 2.45) is 0 Å². The van der Waals surface area contributed by atoms with Crippen molar-refractivity contribution in [1.29, 1.82) is 0 Å². The SMILES string of the molecule is CN(CC1CO1)c1ccc(-c2ccc(N(C)CC3CO3)cc2)cc1. The first-order valence-corrected chi connectivity index (χ1v) is 8.55. The van der Waals surface area contributed by atoms with Crippen molar-refractivity contribution in [3.63, 3.8) is 0 Å². The standard InChI is InChI=1S/C20H24N2O2/c1-21(11-19-13-23-19)17-7-3-15(4-8-17)16-5-9-18(10-6-16)22(2)12-20-14-24-20/h3-10,19-20H,11-14H2,1-2H3. The highest BCUT2D eigenvalue weighted by molar-refractivity contribution is 5.68. The minimum absolute atomic E-state index is 0.417. The van der Waals surface area contributed by atoms with E-state index in [0.29, 0.717) is 12.2 Å². The Bertz CT molecular complexity index is 614. The van der Waals surface area contributed by atoms with E-state index in [1.807, 2.05) is 0 Å². The number of ether oxygens (including phenoxy) is 2. The van der Waals surface area contributed by atoms with Crippen LogP contribution < -0.4 is 9.80 Å². The summed E-state index contributed by atoms with van der Waals surface area (Å²) in [6.07, 6.45) is 0.834. The molecule has 0 N–H and O–H groups in total. The highest BCUT2D eigenvalue weighted by Crippen LogP contribution is 2.26. The van der Waals surface area contributed by atoms with Gasteiger partial charge in [0, 0.05) is 38.6 Å². The van der Waals surface area contributed by atoms with E-state index in [2.05, 4.69) is 72.4 Å². The third-order valence-corrected chi connectivity index (χ3v) is 4.71. The molecule has 2 atom stereocenters. The van der Waals surface area contributed by atoms with Crippen LogP contribution in [0.2, 0.25) is 0 Å². The lowest BCUT2D eigenvalue weighted by molar-refractivity contribution is 0.410. The zero-order chi connectivity index (χ0) is 16.5. The maximum Gasteiger partial charge on any atom is 0.0984 e. The largest absolute Gasteiger partial charge is 0.372 e. The van der Waals surface area contributed by atoms with E-state index >= 15 is 0 Å². The Hall–Kier alpha value is -2.04. The average molecular weight is 324 g/mol. The van der Waals surface area contributed by atoms with Crippen molar-refractivity contribution >= 4 is 11.4 Å². The van der Waals surface area contributed by atoms with Gasteiger partial charge in [-0.1, -0.05) is 24.3 Å². The number of rotatable bonds is 7. The Labute approximate surface area is 143 Å². The van der Waals surface area contributed by atoms with E-state index in [-0.39, 0.29) is 0 Å². The number of nitrogens with zero attached hydrogens (tertiary/aromatic N) is 2. The van der Waals surface area contributed by atoms with Crippen LogP contribution >= 0.6 is 0 Å². The van der Waals surface area contributed by atoms with Gasteiger partial charge in [-0.3, -0.25) is 0 Å². The van der Waals surface area contributed by atoms with E-state index in [4.69, 9.17) is 9.47 Å². The third-order valence-electron chi connectivity index (χ3n) is 4.71. The number of anilines is 2. The molecule has 126 valence electrons. The van der Waals surface area contributed by atoms with Gasteiger partial charge in [0.25, 0.3) is 0 Å². The molecule has 2 saturated heterocycles. The van der Waals surface area contributed by atoms with Gasteiger partial charge in [0.15, 0.2) is 0 Å². The molecular weight excluding hydrogens is 300 g/mol. The average Bonchev–Trinajstić information content (AvgIpc) is 3.52. The van der Waals surface area contributed by atoms with Gasteiger partial charge in [-0.2, -0.15) is 0 Å². The van der Waals surface area contributed by atoms with E-state index in [1.54, 1.807) is 0 Å². The van der Waals surface area contributed by atoms with Gasteiger partial charge in [-0.15, -0.1) is 0 Å². The zero-order valence-corrected chi connectivity index (χ0v) is 14.3. The van der Waals surface area contributed by atoms with Gasteiger partial charge in [-0.25, -0.2) is 0 Å². The molecular formula is C20H24N2O2. The number of hydrogen-bond acceptors (Lipinski definition) is 4. The number of benzene rings is 2. The molecule has 0 spiro atoms. The smallest absolute Gasteiger partial charge is 0.0984 e. The van der Waals surface area contributed by atoms with Gasteiger partial charge in [0.05, 0.1) is 25.4 Å². The van der Waals surface area contributed by atoms with E-state index < -0.39 is 0 Å². The van der Waals surface area contributed by atoms with Crippen LogP contribution in [0.15, 0.2) is 48.5 Å². The minimum atomic E-state index is 0.417. The fraction of sp³-hybridized carbons (Fsp3) is 0.400. The Balaban J connectivity index is 1.42. The van der Waals surface area contributed by atoms with Crippen LogP contribution in [-0.2, 0) is 9.47 Å². The zero-order valence-electron chi connectivity index (χ0n) is 14.3. The van der Waals surface area contributed by atoms with Crippen LogP contribution in [-0.4, -0.2) is 52.6 Å². The predicted octanol–water partition coefficient (Wildman–Crippen LogP) is 3.02. The van der Waals surface area contributed by atoms with Crippen molar-refractivity contribution in [1.82, 2.24) is 0 Å². The lowest BCUT2D eigenvalue weighted by atomic mass is 10.0. The molecule has 0 radical (unpaired) electrons. The van der Waals surface area contributed by atoms with Crippen molar-refractivity contribution < 1.29 is 9.47 Å². The van der Waals surface area contributed by atoms with Crippen LogP contribution in [0, 0.1) is 0 Å². The molecule has 2 aromatic carbocycles. The van der Waals surface area contributed by atoms with E-state index in [1.165, 1.54) is 22.5 Å². The first-order chi connectivity index (χ1) is 11.7. The number of likely N-dealkylation sites (N-methyl/N-ethyl adjacent to an activating group) is 2. The maximum absolute atomic E-state index is 5.30. The summed E-state index contributed by atoms with van der Waals surface area (Å²) in [7, 11) is 4.23. The summed E-state index contributed by atoms with van der Waals surface area (Å²) in [5.74, 6) is 0. The molecule has 0 aromatic heterocycles. The fourth-order valence-electron chi connectivity index (χ4n) is 2.99. The predicted molar refractivity (Wildman–Crippen MR) is 97.9 cm³/mol. The second-order valence-electron chi connectivity index (χ2n) is 6.77. The molecule has 0 bridgehead atoms. The second-order valence-corrected chi connectivity index (χ2v) is 6.77. The van der Waals surface area contributed by atoms with Crippen LogP contribution in [0.5, 0.6) is 0 Å². The van der Waals surface area contributed by atoms with Crippen LogP contribution in [0.4, 0.5) is 11.4 Å². The molecule has 2 fully saturated rings. The van der Waals surface area contributed by atoms with Gasteiger partial charge in [0.1, 0.15) is 0 Å². The van der Waals surface area contributed by atoms with Crippen LogP contribution in [0.1, 0.15) is 0 Å². The molecule has 0 aliphatic carbocycles. The van der Waals surface area contributed by atoms with Crippen LogP contribution in [0.3, 0.4) is 0 Å². The first-order valence-electron chi connectivity index (χ1n) is 8.55. The summed E-state index contributed by atoms with van der Waals surface area (Å²) in [5.41, 5.74) is 4.95. The summed E-state index contributed by atoms with van der Waals surface area (Å²) in [4.78, 5) is 4.50. The molecule has 24 heavy (non-hydrogen) atoms. The van der Waals surface area contributed by atoms with Gasteiger partial charge < -0.3 is 19.3 Å². The maximum atomic E-state index is 5.30. The molecule has 2 aromatic rings. The quantitative estimate of drug-likeness (QED) is 0.733. The van der Waals surface area contributed by atoms with Gasteiger partial charge in [0.2, 0.25) is 0 Å². The Morgan fingerprint density at radius 2 is 1.04 bits per heavy atom. The highest BCUT2D eigenvalue weighted by Gasteiger charge is 2.24. The van der Waals surface area contributed by atoms with Gasteiger partial charge in [-0.05, 0) is 35.4 Å². The summed E-state index contributed by atoms with van der Waals surface area (Å²) in [5, 5.41) is 0. The topological polar surface area (TPSA) is 31.5 Å². The molecule has 2 unspecified atom stereocenters. The van der Waals surface area contributed by atoms with E-state index in [0.717, 1.165) is 26.3 Å². The Morgan fingerprint density at radius 3 is 1.33 bits per heavy atom. The number of epoxide rings is 2. The summed E-state index contributed by atoms with van der Waals surface area (Å²) in [6, 6.07) is 17.5. The molecule has 4 nitrogen and oxygen atoms in total. The molecule has 4 rings (SSSR count). The Kier molecular flexibility index (Phi) is 4.17. The highest BCUT2D eigenvalue weighted by atomic mass is 16.6. The third kappa shape index (κ3) is 3.71. The summed E-state index contributed by atoms with van der Waals surface area (Å²) >= 11 is 0. The molecule has 0 saturated carbocycles. The second kappa shape index (κ2) is 6.46. The molecule has 2 aliphatic heterocycles. The number of hydrogen-bond donors (Lipinski definition) is 0. The molecule has 2 aliphatic rings. The molecule has 2 heterocycles. The summed E-state index contributed by atoms with van der Waals surface area (Å²) in [6.45, 7) is 3.72. The Morgan fingerprint density at radius 1 is 0.708 bits per heavy atom. The van der Waals surface area contributed by atoms with Gasteiger partial charge >= 0.3 is 0 Å². The van der Waals surface area contributed by atoms with Crippen LogP contribution in [0.25, 0.3) is 11.1 Å². The van der Waals surface area contributed by atoms with Crippen molar-refractivity contribution in [3.8, 4) is 11.1 Å². The fourth-order valence-corrected chi connectivity index (χ4v) is 2.99. The molecule has 0 amide bonds. The monoisotopic (exact) mass is 324 g/mol. The van der Waals surface area contributed by atoms with Crippen molar-refractivity contribution in [2.75, 3.05) is 50.2 Å². The summed E-state index contributed by atoms with van der Waals surface area (Å²) < 4.78 is 10.6. The normalized spacial score (nSPS) is 21.4.